The first kappa shape index (κ1) is 12.2. The van der Waals surface area contributed by atoms with Crippen molar-refractivity contribution >= 4 is 21.2 Å². The Kier molecular flexibility index (Phi) is 3.03. The second-order valence-corrected chi connectivity index (χ2v) is 6.70. The molecular formula is C12H18N2O2S. The number of rotatable bonds is 3. The molecule has 0 atom stereocenters. The molecule has 0 unspecified atom stereocenters. The fraction of sp³-hybridized carbons (Fsp3) is 0.500. The Morgan fingerprint density at radius 3 is 2.41 bits per heavy atom. The van der Waals surface area contributed by atoms with Crippen LogP contribution in [-0.2, 0) is 9.84 Å². The molecule has 0 heterocycles. The van der Waals surface area contributed by atoms with Gasteiger partial charge in [-0.25, -0.2) is 8.42 Å². The quantitative estimate of drug-likeness (QED) is 0.833. The van der Waals surface area contributed by atoms with E-state index in [4.69, 9.17) is 5.73 Å². The minimum atomic E-state index is -3.18. The maximum Gasteiger partial charge on any atom is 0.175 e. The van der Waals surface area contributed by atoms with Gasteiger partial charge in [-0.05, 0) is 37.5 Å². The molecule has 0 aliphatic heterocycles. The molecule has 0 amide bonds. The molecule has 2 rings (SSSR count). The molecule has 1 aromatic carbocycles. The fourth-order valence-corrected chi connectivity index (χ4v) is 2.71. The first-order chi connectivity index (χ1) is 7.89. The van der Waals surface area contributed by atoms with E-state index in [-0.39, 0.29) is 4.90 Å². The van der Waals surface area contributed by atoms with Gasteiger partial charge in [-0.15, -0.1) is 0 Å². The van der Waals surface area contributed by atoms with Crippen LogP contribution < -0.4 is 10.6 Å². The Hall–Kier alpha value is -1.23. The molecule has 1 aromatic rings. The molecule has 4 nitrogen and oxygen atoms in total. The van der Waals surface area contributed by atoms with E-state index in [0.717, 1.165) is 5.69 Å². The molecule has 0 spiro atoms. The lowest BCUT2D eigenvalue weighted by atomic mass is 9.91. The van der Waals surface area contributed by atoms with Gasteiger partial charge in [-0.1, -0.05) is 0 Å². The van der Waals surface area contributed by atoms with Crippen molar-refractivity contribution in [2.45, 2.75) is 30.2 Å². The Morgan fingerprint density at radius 1 is 1.35 bits per heavy atom. The van der Waals surface area contributed by atoms with E-state index in [0.29, 0.717) is 11.7 Å². The van der Waals surface area contributed by atoms with E-state index >= 15 is 0 Å². The van der Waals surface area contributed by atoms with E-state index in [2.05, 4.69) is 4.90 Å². The van der Waals surface area contributed by atoms with Gasteiger partial charge in [0.25, 0.3) is 0 Å². The van der Waals surface area contributed by atoms with Crippen molar-refractivity contribution in [3.63, 3.8) is 0 Å². The van der Waals surface area contributed by atoms with Crippen molar-refractivity contribution in [3.8, 4) is 0 Å². The summed E-state index contributed by atoms with van der Waals surface area (Å²) in [4.78, 5) is 2.42. The van der Waals surface area contributed by atoms with Crippen molar-refractivity contribution in [1.82, 2.24) is 0 Å². The van der Waals surface area contributed by atoms with Gasteiger partial charge in [0.15, 0.2) is 9.84 Å². The number of hydrogen-bond acceptors (Lipinski definition) is 4. The summed E-state index contributed by atoms with van der Waals surface area (Å²) in [6.07, 6.45) is 4.82. The Labute approximate surface area is 102 Å². The lowest BCUT2D eigenvalue weighted by Gasteiger charge is -2.37. The third-order valence-electron chi connectivity index (χ3n) is 3.43. The van der Waals surface area contributed by atoms with Crippen molar-refractivity contribution in [2.24, 2.45) is 0 Å². The minimum Gasteiger partial charge on any atom is -0.397 e. The molecule has 0 saturated heterocycles. The van der Waals surface area contributed by atoms with Gasteiger partial charge in [0.1, 0.15) is 0 Å². The Morgan fingerprint density at radius 2 is 2.00 bits per heavy atom. The van der Waals surface area contributed by atoms with Crippen LogP contribution in [0.2, 0.25) is 0 Å². The number of hydrogen-bond donors (Lipinski definition) is 1. The third kappa shape index (κ3) is 2.39. The zero-order chi connectivity index (χ0) is 12.6. The fourth-order valence-electron chi connectivity index (χ4n) is 2.06. The predicted octanol–water partition coefficient (Wildman–Crippen LogP) is 1.66. The van der Waals surface area contributed by atoms with Crippen LogP contribution in [0.4, 0.5) is 11.4 Å². The molecule has 1 aliphatic carbocycles. The lowest BCUT2D eigenvalue weighted by molar-refractivity contribution is 0.401. The van der Waals surface area contributed by atoms with Gasteiger partial charge in [-0.3, -0.25) is 0 Å². The molecule has 2 N–H and O–H groups in total. The summed E-state index contributed by atoms with van der Waals surface area (Å²) in [7, 11) is -1.17. The molecule has 0 bridgehead atoms. The van der Waals surface area contributed by atoms with E-state index in [1.54, 1.807) is 18.2 Å². The minimum absolute atomic E-state index is 0.278. The molecule has 1 saturated carbocycles. The Balaban J connectivity index is 2.31. The third-order valence-corrected chi connectivity index (χ3v) is 4.54. The number of anilines is 2. The first-order valence-electron chi connectivity index (χ1n) is 5.72. The highest BCUT2D eigenvalue weighted by Gasteiger charge is 2.23. The van der Waals surface area contributed by atoms with Gasteiger partial charge >= 0.3 is 0 Å². The predicted molar refractivity (Wildman–Crippen MR) is 70.0 cm³/mol. The highest BCUT2D eigenvalue weighted by Crippen LogP contribution is 2.32. The normalized spacial score (nSPS) is 16.6. The molecule has 1 aliphatic rings. The smallest absolute Gasteiger partial charge is 0.175 e. The molecular weight excluding hydrogens is 236 g/mol. The Bertz CT molecular complexity index is 521. The highest BCUT2D eigenvalue weighted by atomic mass is 32.2. The summed E-state index contributed by atoms with van der Waals surface area (Å²) in [6.45, 7) is 0. The summed E-state index contributed by atoms with van der Waals surface area (Å²) in [5.74, 6) is 0. The maximum atomic E-state index is 11.4. The molecule has 94 valence electrons. The van der Waals surface area contributed by atoms with Gasteiger partial charge < -0.3 is 10.6 Å². The second kappa shape index (κ2) is 4.22. The van der Waals surface area contributed by atoms with Crippen LogP contribution in [0.15, 0.2) is 23.1 Å². The summed E-state index contributed by atoms with van der Waals surface area (Å²) in [5.41, 5.74) is 7.38. The SMILES string of the molecule is CN(c1ccc(S(C)(=O)=O)cc1N)C1CCC1. The van der Waals surface area contributed by atoms with Gasteiger partial charge in [0, 0.05) is 19.3 Å². The first-order valence-corrected chi connectivity index (χ1v) is 7.61. The van der Waals surface area contributed by atoms with E-state index in [1.165, 1.54) is 25.5 Å². The average Bonchev–Trinajstić information content (AvgIpc) is 2.12. The van der Waals surface area contributed by atoms with Crippen molar-refractivity contribution in [1.29, 1.82) is 0 Å². The van der Waals surface area contributed by atoms with Crippen molar-refractivity contribution < 1.29 is 8.42 Å². The molecule has 1 fully saturated rings. The molecule has 0 radical (unpaired) electrons. The van der Waals surface area contributed by atoms with Crippen LogP contribution in [0.5, 0.6) is 0 Å². The highest BCUT2D eigenvalue weighted by molar-refractivity contribution is 7.90. The number of nitrogens with zero attached hydrogens (tertiary/aromatic N) is 1. The van der Waals surface area contributed by atoms with Crippen LogP contribution in [-0.4, -0.2) is 27.8 Å². The monoisotopic (exact) mass is 254 g/mol. The van der Waals surface area contributed by atoms with Crippen LogP contribution in [0.1, 0.15) is 19.3 Å². The van der Waals surface area contributed by atoms with Gasteiger partial charge in [-0.2, -0.15) is 0 Å². The van der Waals surface area contributed by atoms with Crippen LogP contribution in [0.25, 0.3) is 0 Å². The molecule has 17 heavy (non-hydrogen) atoms. The number of nitrogen functional groups attached to an aromatic ring is 1. The van der Waals surface area contributed by atoms with Crippen LogP contribution >= 0.6 is 0 Å². The van der Waals surface area contributed by atoms with E-state index in [9.17, 15) is 8.42 Å². The molecule has 5 heteroatoms. The number of benzene rings is 1. The van der Waals surface area contributed by atoms with Gasteiger partial charge in [0.2, 0.25) is 0 Å². The molecule has 0 aromatic heterocycles. The summed E-state index contributed by atoms with van der Waals surface area (Å²) < 4.78 is 22.8. The zero-order valence-electron chi connectivity index (χ0n) is 10.2. The lowest BCUT2D eigenvalue weighted by Crippen LogP contribution is -2.37. The summed E-state index contributed by atoms with van der Waals surface area (Å²) >= 11 is 0. The standard InChI is InChI=1S/C12H18N2O2S/c1-14(9-4-3-5-9)12-7-6-10(8-11(12)13)17(2,15)16/h6-9H,3-5,13H2,1-2H3. The van der Waals surface area contributed by atoms with E-state index in [1.807, 2.05) is 7.05 Å². The van der Waals surface area contributed by atoms with Crippen LogP contribution in [0, 0.1) is 0 Å². The summed E-state index contributed by atoms with van der Waals surface area (Å²) in [6, 6.07) is 5.50. The largest absolute Gasteiger partial charge is 0.397 e. The zero-order valence-corrected chi connectivity index (χ0v) is 11.0. The van der Waals surface area contributed by atoms with Crippen molar-refractivity contribution in [3.05, 3.63) is 18.2 Å². The number of sulfone groups is 1. The number of nitrogens with two attached hydrogens (primary N) is 1. The maximum absolute atomic E-state index is 11.4. The summed E-state index contributed by atoms with van der Waals surface area (Å²) in [5, 5.41) is 0. The van der Waals surface area contributed by atoms with Crippen molar-refractivity contribution in [2.75, 3.05) is 23.9 Å². The van der Waals surface area contributed by atoms with Gasteiger partial charge in [0.05, 0.1) is 16.3 Å². The second-order valence-electron chi connectivity index (χ2n) is 4.69. The average molecular weight is 254 g/mol. The van der Waals surface area contributed by atoms with E-state index < -0.39 is 9.84 Å². The van der Waals surface area contributed by atoms with Crippen LogP contribution in [0.3, 0.4) is 0 Å². The topological polar surface area (TPSA) is 63.4 Å².